The Morgan fingerprint density at radius 3 is 2.74 bits per heavy atom. The first-order chi connectivity index (χ1) is 8.85. The maximum Gasteiger partial charge on any atom is 0.251 e. The van der Waals surface area contributed by atoms with Crippen molar-refractivity contribution < 1.29 is 9.18 Å². The van der Waals surface area contributed by atoms with Gasteiger partial charge >= 0.3 is 0 Å². The van der Waals surface area contributed by atoms with Crippen molar-refractivity contribution in [2.75, 3.05) is 11.9 Å². The second-order valence-electron chi connectivity index (χ2n) is 5.60. The lowest BCUT2D eigenvalue weighted by atomic mass is 9.88. The quantitative estimate of drug-likeness (QED) is 0.783. The number of hydrogen-bond acceptors (Lipinski definition) is 1. The fourth-order valence-electron chi connectivity index (χ4n) is 1.89. The second-order valence-corrected chi connectivity index (χ2v) is 6.39. The molecule has 0 aliphatic heterocycles. The Morgan fingerprint density at radius 2 is 2.11 bits per heavy atom. The first kappa shape index (κ1) is 16.2. The number of halogens is 2. The van der Waals surface area contributed by atoms with Gasteiger partial charge in [-0.25, -0.2) is 4.39 Å². The minimum atomic E-state index is -0.380. The molecule has 2 nitrogen and oxygen atoms in total. The molecule has 0 spiro atoms. The molecule has 0 saturated heterocycles. The van der Waals surface area contributed by atoms with Gasteiger partial charge < -0.3 is 5.32 Å². The third-order valence-electron chi connectivity index (χ3n) is 3.16. The van der Waals surface area contributed by atoms with Gasteiger partial charge in [0.1, 0.15) is 5.82 Å². The Morgan fingerprint density at radius 1 is 1.42 bits per heavy atom. The van der Waals surface area contributed by atoms with Gasteiger partial charge in [-0.1, -0.05) is 35.8 Å². The van der Waals surface area contributed by atoms with Crippen LogP contribution in [0.2, 0.25) is 0 Å². The molecule has 0 heterocycles. The normalized spacial score (nSPS) is 11.4. The number of aryl methyl sites for hydroxylation is 1. The molecule has 0 aliphatic carbocycles. The summed E-state index contributed by atoms with van der Waals surface area (Å²) < 4.78 is 13.2. The summed E-state index contributed by atoms with van der Waals surface area (Å²) in [5.74, 6) is -0.585. The van der Waals surface area contributed by atoms with E-state index in [1.165, 1.54) is 12.1 Å². The van der Waals surface area contributed by atoms with Crippen molar-refractivity contribution in [2.24, 2.45) is 5.41 Å². The highest BCUT2D eigenvalue weighted by molar-refractivity contribution is 9.09. The molecule has 1 aromatic rings. The third-order valence-corrected chi connectivity index (χ3v) is 3.72. The number of rotatable bonds is 6. The average molecular weight is 330 g/mol. The van der Waals surface area contributed by atoms with E-state index in [9.17, 15) is 9.18 Å². The number of hydrogen-bond donors (Lipinski definition) is 1. The topological polar surface area (TPSA) is 29.1 Å². The Hall–Kier alpha value is -0.900. The Balaban J connectivity index is 2.62. The van der Waals surface area contributed by atoms with Gasteiger partial charge in [0.15, 0.2) is 0 Å². The van der Waals surface area contributed by atoms with Gasteiger partial charge in [-0.2, -0.15) is 0 Å². The van der Waals surface area contributed by atoms with E-state index in [2.05, 4.69) is 35.1 Å². The van der Waals surface area contributed by atoms with Gasteiger partial charge in [-0.15, -0.1) is 0 Å². The van der Waals surface area contributed by atoms with Crippen LogP contribution in [0.1, 0.15) is 42.6 Å². The van der Waals surface area contributed by atoms with E-state index in [1.54, 1.807) is 6.07 Å². The Bertz CT molecular complexity index is 446. The highest BCUT2D eigenvalue weighted by atomic mass is 79.9. The molecule has 4 heteroatoms. The van der Waals surface area contributed by atoms with Crippen LogP contribution >= 0.6 is 15.9 Å². The number of benzene rings is 1. The molecule has 0 aromatic heterocycles. The summed E-state index contributed by atoms with van der Waals surface area (Å²) in [6.07, 6.45) is 2.10. The van der Waals surface area contributed by atoms with Crippen LogP contribution in [0.25, 0.3) is 0 Å². The number of carbonyl (C=O) groups is 1. The van der Waals surface area contributed by atoms with E-state index >= 15 is 0 Å². The number of carbonyl (C=O) groups excluding carboxylic acids is 1. The standard InChI is InChI=1S/C15H21BrFNO/c1-11-5-6-12(17)9-13(11)14(19)18-10-15(2,3)7-4-8-16/h5-6,9H,4,7-8,10H2,1-3H3,(H,18,19). The van der Waals surface area contributed by atoms with E-state index < -0.39 is 0 Å². The lowest BCUT2D eigenvalue weighted by Crippen LogP contribution is -2.34. The van der Waals surface area contributed by atoms with Gasteiger partial charge in [0, 0.05) is 17.4 Å². The summed E-state index contributed by atoms with van der Waals surface area (Å²) in [6, 6.07) is 4.28. The van der Waals surface area contributed by atoms with Crippen LogP contribution in [-0.4, -0.2) is 17.8 Å². The molecule has 1 rings (SSSR count). The highest BCUT2D eigenvalue weighted by Crippen LogP contribution is 2.22. The minimum absolute atomic E-state index is 0.0463. The fourth-order valence-corrected chi connectivity index (χ4v) is 2.17. The van der Waals surface area contributed by atoms with Crippen LogP contribution in [0, 0.1) is 18.2 Å². The zero-order valence-electron chi connectivity index (χ0n) is 11.7. The van der Waals surface area contributed by atoms with E-state index in [1.807, 2.05) is 6.92 Å². The summed E-state index contributed by atoms with van der Waals surface area (Å²) in [5.41, 5.74) is 1.25. The van der Waals surface area contributed by atoms with E-state index in [4.69, 9.17) is 0 Å². The van der Waals surface area contributed by atoms with E-state index in [0.717, 1.165) is 23.7 Å². The average Bonchev–Trinajstić information content (AvgIpc) is 2.36. The summed E-state index contributed by atoms with van der Waals surface area (Å²) in [7, 11) is 0. The van der Waals surface area contributed by atoms with Crippen LogP contribution in [0.15, 0.2) is 18.2 Å². The molecule has 0 saturated carbocycles. The van der Waals surface area contributed by atoms with E-state index in [0.29, 0.717) is 12.1 Å². The van der Waals surface area contributed by atoms with Crippen LogP contribution in [-0.2, 0) is 0 Å². The number of nitrogens with one attached hydrogen (secondary N) is 1. The Kier molecular flexibility index (Phi) is 5.98. The van der Waals surface area contributed by atoms with Crippen molar-refractivity contribution in [3.05, 3.63) is 35.1 Å². The maximum absolute atomic E-state index is 13.2. The molecule has 0 aliphatic rings. The smallest absolute Gasteiger partial charge is 0.251 e. The monoisotopic (exact) mass is 329 g/mol. The number of amides is 1. The van der Waals surface area contributed by atoms with Gasteiger partial charge in [0.2, 0.25) is 0 Å². The zero-order valence-corrected chi connectivity index (χ0v) is 13.3. The molecule has 19 heavy (non-hydrogen) atoms. The molecule has 0 radical (unpaired) electrons. The van der Waals surface area contributed by atoms with E-state index in [-0.39, 0.29) is 17.1 Å². The SMILES string of the molecule is Cc1ccc(F)cc1C(=O)NCC(C)(C)CCCBr. The lowest BCUT2D eigenvalue weighted by Gasteiger charge is -2.24. The first-order valence-corrected chi connectivity index (χ1v) is 7.58. The molecular weight excluding hydrogens is 309 g/mol. The molecule has 0 atom stereocenters. The van der Waals surface area contributed by atoms with Crippen LogP contribution in [0.5, 0.6) is 0 Å². The minimum Gasteiger partial charge on any atom is -0.351 e. The van der Waals surface area contributed by atoms with Crippen molar-refractivity contribution in [2.45, 2.75) is 33.6 Å². The predicted octanol–water partition coefficient (Wildman–Crippen LogP) is 4.07. The van der Waals surface area contributed by atoms with Crippen molar-refractivity contribution >= 4 is 21.8 Å². The Labute approximate surface area is 122 Å². The first-order valence-electron chi connectivity index (χ1n) is 6.46. The van der Waals surface area contributed by atoms with Gasteiger partial charge in [-0.3, -0.25) is 4.79 Å². The molecule has 0 fully saturated rings. The van der Waals surface area contributed by atoms with Gasteiger partial charge in [-0.05, 0) is 42.9 Å². The summed E-state index contributed by atoms with van der Waals surface area (Å²) >= 11 is 3.41. The van der Waals surface area contributed by atoms with Crippen LogP contribution < -0.4 is 5.32 Å². The molecular formula is C15H21BrFNO. The molecule has 1 amide bonds. The highest BCUT2D eigenvalue weighted by Gasteiger charge is 2.19. The van der Waals surface area contributed by atoms with Crippen molar-refractivity contribution in [3.63, 3.8) is 0 Å². The molecule has 0 unspecified atom stereocenters. The van der Waals surface area contributed by atoms with Crippen LogP contribution in [0.3, 0.4) is 0 Å². The summed E-state index contributed by atoms with van der Waals surface area (Å²) in [6.45, 7) is 6.64. The summed E-state index contributed by atoms with van der Waals surface area (Å²) in [5, 5.41) is 3.86. The van der Waals surface area contributed by atoms with Gasteiger partial charge in [0.05, 0.1) is 0 Å². The zero-order chi connectivity index (χ0) is 14.5. The predicted molar refractivity (Wildman–Crippen MR) is 80.3 cm³/mol. The van der Waals surface area contributed by atoms with Crippen molar-refractivity contribution in [1.82, 2.24) is 5.32 Å². The molecule has 1 aromatic carbocycles. The summed E-state index contributed by atoms with van der Waals surface area (Å²) in [4.78, 5) is 12.1. The third kappa shape index (κ3) is 5.31. The van der Waals surface area contributed by atoms with Crippen molar-refractivity contribution in [1.29, 1.82) is 0 Å². The van der Waals surface area contributed by atoms with Crippen LogP contribution in [0.4, 0.5) is 4.39 Å². The molecule has 106 valence electrons. The lowest BCUT2D eigenvalue weighted by molar-refractivity contribution is 0.0933. The van der Waals surface area contributed by atoms with Gasteiger partial charge in [0.25, 0.3) is 5.91 Å². The molecule has 0 bridgehead atoms. The molecule has 1 N–H and O–H groups in total. The number of alkyl halides is 1. The fraction of sp³-hybridized carbons (Fsp3) is 0.533. The second kappa shape index (κ2) is 7.04. The largest absolute Gasteiger partial charge is 0.351 e. The maximum atomic E-state index is 13.2. The van der Waals surface area contributed by atoms with Crippen molar-refractivity contribution in [3.8, 4) is 0 Å².